The first-order valence-corrected chi connectivity index (χ1v) is 5.78. The minimum atomic E-state index is -0.344. The number of amides is 1. The maximum Gasteiger partial charge on any atom is 0.256 e. The maximum atomic E-state index is 12.4. The summed E-state index contributed by atoms with van der Waals surface area (Å²) in [7, 11) is 0. The van der Waals surface area contributed by atoms with Crippen molar-refractivity contribution in [3.63, 3.8) is 0 Å². The van der Waals surface area contributed by atoms with Crippen LogP contribution in [0.3, 0.4) is 0 Å². The van der Waals surface area contributed by atoms with Crippen LogP contribution >= 0.6 is 0 Å². The normalized spacial score (nSPS) is 11.1. The van der Waals surface area contributed by atoms with Crippen LogP contribution in [0.4, 0.5) is 5.69 Å². The summed E-state index contributed by atoms with van der Waals surface area (Å²) in [6, 6.07) is 4.37. The van der Waals surface area contributed by atoms with Gasteiger partial charge >= 0.3 is 0 Å². The van der Waals surface area contributed by atoms with E-state index in [9.17, 15) is 9.90 Å². The van der Waals surface area contributed by atoms with Crippen molar-refractivity contribution < 1.29 is 9.90 Å². The summed E-state index contributed by atoms with van der Waals surface area (Å²) >= 11 is 0. The zero-order chi connectivity index (χ0) is 13.9. The van der Waals surface area contributed by atoms with Crippen LogP contribution in [0.1, 0.15) is 31.1 Å². The lowest BCUT2D eigenvalue weighted by molar-refractivity contribution is 0.0617. The van der Waals surface area contributed by atoms with E-state index in [1.165, 1.54) is 18.2 Å². The molecule has 3 N–H and O–H groups in total. The van der Waals surface area contributed by atoms with Gasteiger partial charge in [-0.05, 0) is 39.0 Å². The number of phenolic OH excluding ortho intramolecular Hbond substituents is 1. The molecule has 0 unspecified atom stereocenters. The number of hydrogen-bond acceptors (Lipinski definition) is 3. The SMILES string of the molecule is C=CCN(C(=O)c1cc(O)ccc1N)C(C)(C)C. The number of anilines is 1. The molecule has 0 bridgehead atoms. The van der Waals surface area contributed by atoms with Crippen molar-refractivity contribution in [1.82, 2.24) is 4.90 Å². The molecule has 0 aliphatic carbocycles. The van der Waals surface area contributed by atoms with Gasteiger partial charge in [0.05, 0.1) is 5.56 Å². The third-order valence-corrected chi connectivity index (χ3v) is 2.63. The smallest absolute Gasteiger partial charge is 0.256 e. The predicted octanol–water partition coefficient (Wildman–Crippen LogP) is 2.40. The standard InChI is InChI=1S/C14H20N2O2/c1-5-8-16(14(2,3)4)13(18)11-9-10(17)6-7-12(11)15/h5-7,9,17H,1,8,15H2,2-4H3. The lowest BCUT2D eigenvalue weighted by atomic mass is 10.0. The van der Waals surface area contributed by atoms with E-state index in [1.54, 1.807) is 11.0 Å². The van der Waals surface area contributed by atoms with Gasteiger partial charge in [0, 0.05) is 17.8 Å². The van der Waals surface area contributed by atoms with Crippen LogP contribution in [0.15, 0.2) is 30.9 Å². The van der Waals surface area contributed by atoms with E-state index < -0.39 is 0 Å². The Morgan fingerprint density at radius 3 is 2.61 bits per heavy atom. The fourth-order valence-corrected chi connectivity index (χ4v) is 1.67. The highest BCUT2D eigenvalue weighted by Crippen LogP contribution is 2.23. The maximum absolute atomic E-state index is 12.4. The van der Waals surface area contributed by atoms with Crippen molar-refractivity contribution in [2.24, 2.45) is 0 Å². The molecule has 0 heterocycles. The second-order valence-electron chi connectivity index (χ2n) is 5.15. The molecule has 0 fully saturated rings. The summed E-state index contributed by atoms with van der Waals surface area (Å²) in [5.74, 6) is -0.184. The van der Waals surface area contributed by atoms with Crippen molar-refractivity contribution in [2.75, 3.05) is 12.3 Å². The van der Waals surface area contributed by atoms with Crippen LogP contribution in [0.25, 0.3) is 0 Å². The Bertz CT molecular complexity index is 461. The average molecular weight is 248 g/mol. The van der Waals surface area contributed by atoms with E-state index in [2.05, 4.69) is 6.58 Å². The number of carbonyl (C=O) groups is 1. The van der Waals surface area contributed by atoms with Gasteiger partial charge in [-0.1, -0.05) is 6.08 Å². The largest absolute Gasteiger partial charge is 0.508 e. The molecular formula is C14H20N2O2. The number of rotatable bonds is 3. The lowest BCUT2D eigenvalue weighted by Crippen LogP contribution is -2.45. The van der Waals surface area contributed by atoms with Gasteiger partial charge in [-0.2, -0.15) is 0 Å². The highest BCUT2D eigenvalue weighted by Gasteiger charge is 2.27. The molecule has 1 amide bonds. The predicted molar refractivity (Wildman–Crippen MR) is 73.5 cm³/mol. The fourth-order valence-electron chi connectivity index (χ4n) is 1.67. The molecule has 0 spiro atoms. The zero-order valence-corrected chi connectivity index (χ0v) is 11.1. The Kier molecular flexibility index (Phi) is 4.01. The molecule has 0 aromatic heterocycles. The van der Waals surface area contributed by atoms with Crippen LogP contribution in [-0.2, 0) is 0 Å². The Balaban J connectivity index is 3.17. The Morgan fingerprint density at radius 1 is 1.50 bits per heavy atom. The second kappa shape index (κ2) is 5.12. The number of nitrogen functional groups attached to an aromatic ring is 1. The summed E-state index contributed by atoms with van der Waals surface area (Å²) in [5.41, 5.74) is 6.11. The first-order chi connectivity index (χ1) is 8.27. The van der Waals surface area contributed by atoms with Gasteiger partial charge in [0.15, 0.2) is 0 Å². The number of nitrogens with two attached hydrogens (primary N) is 1. The Labute approximate surface area is 108 Å². The first-order valence-electron chi connectivity index (χ1n) is 5.78. The number of benzene rings is 1. The van der Waals surface area contributed by atoms with Crippen LogP contribution in [-0.4, -0.2) is 28.0 Å². The molecule has 1 rings (SSSR count). The number of nitrogens with zero attached hydrogens (tertiary/aromatic N) is 1. The van der Waals surface area contributed by atoms with Crippen molar-refractivity contribution in [1.29, 1.82) is 0 Å². The van der Waals surface area contributed by atoms with Crippen LogP contribution < -0.4 is 5.73 Å². The quantitative estimate of drug-likeness (QED) is 0.490. The lowest BCUT2D eigenvalue weighted by Gasteiger charge is -2.35. The van der Waals surface area contributed by atoms with E-state index in [-0.39, 0.29) is 17.2 Å². The topological polar surface area (TPSA) is 66.6 Å². The first kappa shape index (κ1) is 14.1. The van der Waals surface area contributed by atoms with E-state index in [1.807, 2.05) is 20.8 Å². The molecule has 98 valence electrons. The summed E-state index contributed by atoms with van der Waals surface area (Å²) in [6.07, 6.45) is 1.67. The zero-order valence-electron chi connectivity index (χ0n) is 11.1. The van der Waals surface area contributed by atoms with Gasteiger partial charge in [-0.3, -0.25) is 4.79 Å². The third kappa shape index (κ3) is 3.03. The number of carbonyl (C=O) groups excluding carboxylic acids is 1. The Hall–Kier alpha value is -1.97. The minimum absolute atomic E-state index is 0.0278. The van der Waals surface area contributed by atoms with Crippen LogP contribution in [0.5, 0.6) is 5.75 Å². The van der Waals surface area contributed by atoms with Gasteiger partial charge in [0.2, 0.25) is 0 Å². The van der Waals surface area contributed by atoms with Crippen molar-refractivity contribution in [2.45, 2.75) is 26.3 Å². The molecule has 0 saturated heterocycles. The number of phenols is 1. The number of aromatic hydroxyl groups is 1. The summed E-state index contributed by atoms with van der Waals surface area (Å²) < 4.78 is 0. The average Bonchev–Trinajstić information content (AvgIpc) is 2.27. The molecule has 18 heavy (non-hydrogen) atoms. The monoisotopic (exact) mass is 248 g/mol. The Morgan fingerprint density at radius 2 is 2.11 bits per heavy atom. The highest BCUT2D eigenvalue weighted by molar-refractivity contribution is 6.00. The van der Waals surface area contributed by atoms with E-state index in [4.69, 9.17) is 5.73 Å². The second-order valence-corrected chi connectivity index (χ2v) is 5.15. The van der Waals surface area contributed by atoms with Gasteiger partial charge < -0.3 is 15.7 Å². The van der Waals surface area contributed by atoms with Crippen LogP contribution in [0, 0.1) is 0 Å². The van der Waals surface area contributed by atoms with E-state index in [0.717, 1.165) is 0 Å². The molecular weight excluding hydrogens is 228 g/mol. The molecule has 0 saturated carbocycles. The highest BCUT2D eigenvalue weighted by atomic mass is 16.3. The molecule has 0 atom stereocenters. The van der Waals surface area contributed by atoms with E-state index >= 15 is 0 Å². The van der Waals surface area contributed by atoms with Crippen molar-refractivity contribution in [3.8, 4) is 5.75 Å². The van der Waals surface area contributed by atoms with Gasteiger partial charge in [-0.15, -0.1) is 6.58 Å². The van der Waals surface area contributed by atoms with Crippen molar-refractivity contribution in [3.05, 3.63) is 36.4 Å². The van der Waals surface area contributed by atoms with Gasteiger partial charge in [-0.25, -0.2) is 0 Å². The van der Waals surface area contributed by atoms with E-state index in [0.29, 0.717) is 17.8 Å². The fraction of sp³-hybridized carbons (Fsp3) is 0.357. The summed E-state index contributed by atoms with van der Waals surface area (Å²) in [5, 5.41) is 9.45. The molecule has 1 aromatic rings. The molecule has 1 aromatic carbocycles. The van der Waals surface area contributed by atoms with Gasteiger partial charge in [0.1, 0.15) is 5.75 Å². The molecule has 4 heteroatoms. The van der Waals surface area contributed by atoms with Crippen LogP contribution in [0.2, 0.25) is 0 Å². The summed E-state index contributed by atoms with van der Waals surface area (Å²) in [6.45, 7) is 9.90. The third-order valence-electron chi connectivity index (χ3n) is 2.63. The summed E-state index contributed by atoms with van der Waals surface area (Å²) in [4.78, 5) is 14.1. The number of hydrogen-bond donors (Lipinski definition) is 2. The molecule has 4 nitrogen and oxygen atoms in total. The molecule has 0 radical (unpaired) electrons. The minimum Gasteiger partial charge on any atom is -0.508 e. The van der Waals surface area contributed by atoms with Crippen molar-refractivity contribution >= 4 is 11.6 Å². The molecule has 0 aliphatic heterocycles. The molecule has 0 aliphatic rings. The van der Waals surface area contributed by atoms with Gasteiger partial charge in [0.25, 0.3) is 5.91 Å².